The van der Waals surface area contributed by atoms with Gasteiger partial charge in [0.2, 0.25) is 15.8 Å². The number of aromatic nitrogens is 2. The molecule has 0 aliphatic heterocycles. The summed E-state index contributed by atoms with van der Waals surface area (Å²) < 4.78 is 33.0. The number of hydrogen-bond donors (Lipinski definition) is 2. The van der Waals surface area contributed by atoms with Crippen LogP contribution in [-0.4, -0.2) is 35.7 Å². The van der Waals surface area contributed by atoms with Crippen LogP contribution < -0.4 is 4.72 Å². The first-order valence-corrected chi connectivity index (χ1v) is 11.2. The van der Waals surface area contributed by atoms with Gasteiger partial charge in [0, 0.05) is 11.1 Å². The van der Waals surface area contributed by atoms with Crippen LogP contribution in [0.15, 0.2) is 94.3 Å². The number of benzene rings is 3. The summed E-state index contributed by atoms with van der Waals surface area (Å²) in [7, 11) is -4.06. The van der Waals surface area contributed by atoms with E-state index in [1.165, 1.54) is 24.3 Å². The van der Waals surface area contributed by atoms with Crippen LogP contribution in [0, 0.1) is 0 Å². The Labute approximate surface area is 184 Å². The number of hydrogen-bond acceptors (Lipinski definition) is 6. The topological polar surface area (TPSA) is 122 Å². The molecule has 0 saturated heterocycles. The molecule has 0 saturated carbocycles. The maximum atomic E-state index is 12.7. The molecular weight excluding hydrogens is 430 g/mol. The second kappa shape index (κ2) is 9.13. The van der Waals surface area contributed by atoms with Gasteiger partial charge in [0.05, 0.1) is 4.90 Å². The highest BCUT2D eigenvalue weighted by atomic mass is 32.2. The first-order valence-electron chi connectivity index (χ1n) is 9.71. The molecular formula is C23H19N3O5S. The zero-order chi connectivity index (χ0) is 22.6. The van der Waals surface area contributed by atoms with E-state index in [-0.39, 0.29) is 17.2 Å². The summed E-state index contributed by atoms with van der Waals surface area (Å²) in [5.74, 6) is -0.592. The van der Waals surface area contributed by atoms with Crippen LogP contribution in [0.1, 0.15) is 5.56 Å². The second-order valence-electron chi connectivity index (χ2n) is 7.02. The molecule has 0 aliphatic rings. The fourth-order valence-corrected chi connectivity index (χ4v) is 4.30. The van der Waals surface area contributed by atoms with E-state index >= 15 is 0 Å². The van der Waals surface area contributed by atoms with Crippen LogP contribution in [0.3, 0.4) is 0 Å². The smallest absolute Gasteiger partial charge is 0.322 e. The number of nitrogens with zero attached hydrogens (tertiary/aromatic N) is 2. The van der Waals surface area contributed by atoms with E-state index < -0.39 is 22.0 Å². The monoisotopic (exact) mass is 449 g/mol. The van der Waals surface area contributed by atoms with Crippen molar-refractivity contribution in [1.29, 1.82) is 0 Å². The minimum absolute atomic E-state index is 0.0255. The van der Waals surface area contributed by atoms with Gasteiger partial charge in [0.15, 0.2) is 0 Å². The van der Waals surface area contributed by atoms with Crippen molar-refractivity contribution < 1.29 is 22.8 Å². The van der Waals surface area contributed by atoms with Gasteiger partial charge in [-0.15, -0.1) is 0 Å². The van der Waals surface area contributed by atoms with Gasteiger partial charge in [-0.25, -0.2) is 8.42 Å². The Morgan fingerprint density at radius 1 is 0.906 bits per heavy atom. The molecule has 0 bridgehead atoms. The Bertz CT molecular complexity index is 1300. The number of carboxylic acid groups (broad SMARTS) is 1. The largest absolute Gasteiger partial charge is 0.480 e. The molecule has 1 heterocycles. The van der Waals surface area contributed by atoms with E-state index in [2.05, 4.69) is 14.9 Å². The van der Waals surface area contributed by atoms with Gasteiger partial charge in [-0.05, 0) is 36.2 Å². The summed E-state index contributed by atoms with van der Waals surface area (Å²) in [6, 6.07) is 22.6. The highest BCUT2D eigenvalue weighted by Crippen LogP contribution is 2.23. The molecule has 1 aromatic heterocycles. The highest BCUT2D eigenvalue weighted by molar-refractivity contribution is 7.89. The lowest BCUT2D eigenvalue weighted by Gasteiger charge is -2.15. The normalized spacial score (nSPS) is 12.4. The molecule has 1 atom stereocenters. The number of carbonyl (C=O) groups is 1. The average Bonchev–Trinajstić information content (AvgIpc) is 3.30. The maximum Gasteiger partial charge on any atom is 0.322 e. The van der Waals surface area contributed by atoms with Crippen LogP contribution in [0.2, 0.25) is 0 Å². The standard InChI is InChI=1S/C23H19N3O5S/c27-23(28)20(15-16-7-3-1-4-8-16)26-32(29,30)19-13-11-18(12-14-19)22-24-21(25-31-22)17-9-5-2-6-10-17/h1-14,20,26H,15H2,(H,27,28)/t20-/m1/s1. The lowest BCUT2D eigenvalue weighted by atomic mass is 10.1. The van der Waals surface area contributed by atoms with E-state index in [1.807, 2.05) is 30.3 Å². The van der Waals surface area contributed by atoms with Crippen LogP contribution in [0.25, 0.3) is 22.8 Å². The van der Waals surface area contributed by atoms with Crippen molar-refractivity contribution in [3.05, 3.63) is 90.5 Å². The zero-order valence-corrected chi connectivity index (χ0v) is 17.6. The fraction of sp³-hybridized carbons (Fsp3) is 0.0870. The van der Waals surface area contributed by atoms with Gasteiger partial charge in [-0.3, -0.25) is 4.79 Å². The molecule has 0 spiro atoms. The Balaban J connectivity index is 1.51. The fourth-order valence-electron chi connectivity index (χ4n) is 3.11. The van der Waals surface area contributed by atoms with Crippen LogP contribution in [-0.2, 0) is 21.2 Å². The van der Waals surface area contributed by atoms with Crippen molar-refractivity contribution in [2.24, 2.45) is 0 Å². The van der Waals surface area contributed by atoms with Gasteiger partial charge in [-0.1, -0.05) is 65.8 Å². The molecule has 4 aromatic rings. The first kappa shape index (κ1) is 21.4. The van der Waals surface area contributed by atoms with E-state index in [0.717, 1.165) is 5.56 Å². The van der Waals surface area contributed by atoms with Crippen LogP contribution in [0.5, 0.6) is 0 Å². The zero-order valence-electron chi connectivity index (χ0n) is 16.8. The number of nitrogens with one attached hydrogen (secondary N) is 1. The SMILES string of the molecule is O=C(O)[C@@H](Cc1ccccc1)NS(=O)(=O)c1ccc(-c2nc(-c3ccccc3)no2)cc1. The van der Waals surface area contributed by atoms with Crippen molar-refractivity contribution in [3.8, 4) is 22.8 Å². The highest BCUT2D eigenvalue weighted by Gasteiger charge is 2.26. The van der Waals surface area contributed by atoms with Crippen LogP contribution >= 0.6 is 0 Å². The molecule has 0 unspecified atom stereocenters. The molecule has 0 amide bonds. The van der Waals surface area contributed by atoms with Crippen molar-refractivity contribution in [1.82, 2.24) is 14.9 Å². The quantitative estimate of drug-likeness (QED) is 0.423. The molecule has 4 rings (SSSR count). The van der Waals surface area contributed by atoms with Gasteiger partial charge in [-0.2, -0.15) is 9.71 Å². The number of carboxylic acids is 1. The molecule has 3 aromatic carbocycles. The Hall–Kier alpha value is -3.82. The average molecular weight is 449 g/mol. The summed E-state index contributed by atoms with van der Waals surface area (Å²) >= 11 is 0. The van der Waals surface area contributed by atoms with Crippen molar-refractivity contribution in [2.45, 2.75) is 17.4 Å². The minimum Gasteiger partial charge on any atom is -0.480 e. The third-order valence-corrected chi connectivity index (χ3v) is 6.24. The molecule has 0 radical (unpaired) electrons. The molecule has 162 valence electrons. The first-order chi connectivity index (χ1) is 15.4. The van der Waals surface area contributed by atoms with E-state index in [9.17, 15) is 18.3 Å². The van der Waals surface area contributed by atoms with E-state index in [4.69, 9.17) is 4.52 Å². The van der Waals surface area contributed by atoms with E-state index in [0.29, 0.717) is 17.0 Å². The predicted octanol–water partition coefficient (Wildman–Crippen LogP) is 3.38. The van der Waals surface area contributed by atoms with Crippen molar-refractivity contribution >= 4 is 16.0 Å². The molecule has 2 N–H and O–H groups in total. The lowest BCUT2D eigenvalue weighted by molar-refractivity contribution is -0.138. The predicted molar refractivity (Wildman–Crippen MR) is 117 cm³/mol. The molecule has 8 nitrogen and oxygen atoms in total. The van der Waals surface area contributed by atoms with Gasteiger partial charge >= 0.3 is 5.97 Å². The third kappa shape index (κ3) is 4.90. The van der Waals surface area contributed by atoms with Gasteiger partial charge in [0.25, 0.3) is 5.89 Å². The Morgan fingerprint density at radius 3 is 2.16 bits per heavy atom. The molecule has 0 aliphatic carbocycles. The molecule has 32 heavy (non-hydrogen) atoms. The maximum absolute atomic E-state index is 12.7. The number of rotatable bonds is 8. The van der Waals surface area contributed by atoms with Crippen molar-refractivity contribution in [3.63, 3.8) is 0 Å². The minimum atomic E-state index is -4.06. The Morgan fingerprint density at radius 2 is 1.53 bits per heavy atom. The van der Waals surface area contributed by atoms with Crippen molar-refractivity contribution in [2.75, 3.05) is 0 Å². The number of aliphatic carboxylic acids is 1. The molecule has 9 heteroatoms. The lowest BCUT2D eigenvalue weighted by Crippen LogP contribution is -2.42. The number of sulfonamides is 1. The summed E-state index contributed by atoms with van der Waals surface area (Å²) in [5, 5.41) is 13.4. The second-order valence-corrected chi connectivity index (χ2v) is 8.73. The third-order valence-electron chi connectivity index (χ3n) is 4.75. The summed E-state index contributed by atoms with van der Waals surface area (Å²) in [4.78, 5) is 15.9. The summed E-state index contributed by atoms with van der Waals surface area (Å²) in [6.45, 7) is 0. The van der Waals surface area contributed by atoms with Crippen LogP contribution in [0.4, 0.5) is 0 Å². The summed E-state index contributed by atoms with van der Waals surface area (Å²) in [5.41, 5.74) is 2.05. The van der Waals surface area contributed by atoms with Gasteiger partial charge < -0.3 is 9.63 Å². The van der Waals surface area contributed by atoms with Gasteiger partial charge in [0.1, 0.15) is 6.04 Å². The summed E-state index contributed by atoms with van der Waals surface area (Å²) in [6.07, 6.45) is 0.0255. The van der Waals surface area contributed by atoms with E-state index in [1.54, 1.807) is 30.3 Å². The molecule has 0 fully saturated rings. The Kier molecular flexibility index (Phi) is 6.11.